The molecule has 6 nitrogen and oxygen atoms in total. The molecule has 1 aromatic carbocycles. The summed E-state index contributed by atoms with van der Waals surface area (Å²) in [5.74, 6) is -0.816. The van der Waals surface area contributed by atoms with E-state index >= 15 is 0 Å². The average molecular weight is 435 g/mol. The summed E-state index contributed by atoms with van der Waals surface area (Å²) < 4.78 is 0. The third-order valence-corrected chi connectivity index (χ3v) is 5.73. The molecule has 170 valence electrons. The smallest absolute Gasteiger partial charge is 0.330 e. The average Bonchev–Trinajstić information content (AvgIpc) is 3.02. The molecule has 1 N–H and O–H groups in total. The second-order valence-corrected chi connectivity index (χ2v) is 8.42. The molecule has 0 fully saturated rings. The van der Waals surface area contributed by atoms with E-state index in [1.54, 1.807) is 26.2 Å². The molecule has 0 aromatic heterocycles. The van der Waals surface area contributed by atoms with Gasteiger partial charge in [0, 0.05) is 32.5 Å². The van der Waals surface area contributed by atoms with Crippen LogP contribution < -0.4 is 10.2 Å². The quantitative estimate of drug-likeness (QED) is 0.691. The molecule has 6 heteroatoms. The van der Waals surface area contributed by atoms with Gasteiger partial charge in [-0.05, 0) is 62.2 Å². The van der Waals surface area contributed by atoms with Gasteiger partial charge in [-0.3, -0.25) is 4.79 Å². The minimum Gasteiger partial charge on any atom is -0.330 e. The van der Waals surface area contributed by atoms with E-state index in [4.69, 9.17) is 0 Å². The van der Waals surface area contributed by atoms with Crippen LogP contribution in [0.15, 0.2) is 53.6 Å². The van der Waals surface area contributed by atoms with Gasteiger partial charge in [0.25, 0.3) is 0 Å². The fourth-order valence-corrected chi connectivity index (χ4v) is 3.92. The van der Waals surface area contributed by atoms with Crippen LogP contribution in [0, 0.1) is 30.1 Å². The summed E-state index contributed by atoms with van der Waals surface area (Å²) in [6.45, 7) is 6.49. The van der Waals surface area contributed by atoms with Crippen molar-refractivity contribution in [1.29, 1.82) is 5.26 Å². The summed E-state index contributed by atoms with van der Waals surface area (Å²) in [7, 11) is 5.16. The van der Waals surface area contributed by atoms with Gasteiger partial charge in [-0.2, -0.15) is 5.26 Å². The van der Waals surface area contributed by atoms with Gasteiger partial charge in [-0.1, -0.05) is 37.6 Å². The highest BCUT2D eigenvalue weighted by atomic mass is 16.2. The van der Waals surface area contributed by atoms with Crippen LogP contribution in [-0.4, -0.2) is 44.5 Å². The molecule has 1 aliphatic carbocycles. The highest BCUT2D eigenvalue weighted by Gasteiger charge is 2.34. The van der Waals surface area contributed by atoms with Crippen LogP contribution in [0.2, 0.25) is 0 Å². The summed E-state index contributed by atoms with van der Waals surface area (Å²) >= 11 is 0. The predicted molar refractivity (Wildman–Crippen MR) is 129 cm³/mol. The molecule has 1 aromatic rings. The molecule has 0 spiro atoms. The number of aryl methyl sites for hydroxylation is 2. The monoisotopic (exact) mass is 434 g/mol. The van der Waals surface area contributed by atoms with Crippen molar-refractivity contribution in [2.24, 2.45) is 11.8 Å². The Morgan fingerprint density at radius 1 is 1.22 bits per heavy atom. The van der Waals surface area contributed by atoms with Crippen LogP contribution in [-0.2, 0) is 11.2 Å². The Bertz CT molecular complexity index is 982. The number of allylic oxidation sites excluding steroid dienone is 5. The molecule has 3 amide bonds. The van der Waals surface area contributed by atoms with Crippen molar-refractivity contribution < 1.29 is 9.59 Å². The Labute approximate surface area is 191 Å². The van der Waals surface area contributed by atoms with Gasteiger partial charge in [0.15, 0.2) is 0 Å². The van der Waals surface area contributed by atoms with Gasteiger partial charge in [-0.25, -0.2) is 9.69 Å². The number of benzene rings is 1. The number of amides is 3. The summed E-state index contributed by atoms with van der Waals surface area (Å²) in [5, 5.41) is 12.4. The first-order chi connectivity index (χ1) is 15.2. The summed E-state index contributed by atoms with van der Waals surface area (Å²) in [6, 6.07) is 7.67. The second-order valence-electron chi connectivity index (χ2n) is 8.42. The molecular weight excluding hydrogens is 400 g/mol. The van der Waals surface area contributed by atoms with Gasteiger partial charge in [-0.15, -0.1) is 0 Å². The maximum Gasteiger partial charge on any atom is 0.330 e. The van der Waals surface area contributed by atoms with E-state index in [9.17, 15) is 14.9 Å². The molecule has 0 bridgehead atoms. The summed E-state index contributed by atoms with van der Waals surface area (Å²) in [5.41, 5.74) is 4.32. The fraction of sp³-hybridized carbons (Fsp3) is 0.423. The standard InChI is InChI=1S/C26H34N4O2/c1-7-20-13-18(2)14-23(15-20)30(26(32)29(5)6)25(31)19(3)24(17-28-4)22-10-8-9-21(16-27)11-12-22/h8-9,11-15,19,24,28H,7,10,17H2,1-6H3/t19-,24+/m0/s1. The minimum absolute atomic E-state index is 0.126. The first kappa shape index (κ1) is 25.1. The largest absolute Gasteiger partial charge is 0.330 e. The molecule has 0 heterocycles. The van der Waals surface area contributed by atoms with Crippen molar-refractivity contribution in [3.05, 3.63) is 64.8 Å². The van der Waals surface area contributed by atoms with Crippen molar-refractivity contribution in [3.63, 3.8) is 0 Å². The van der Waals surface area contributed by atoms with Crippen LogP contribution in [0.25, 0.3) is 0 Å². The van der Waals surface area contributed by atoms with Gasteiger partial charge in [0.05, 0.1) is 17.3 Å². The number of carbonyl (C=O) groups is 2. The number of hydrogen-bond acceptors (Lipinski definition) is 4. The first-order valence-corrected chi connectivity index (χ1v) is 11.0. The maximum absolute atomic E-state index is 13.8. The Hall–Kier alpha value is -3.17. The van der Waals surface area contributed by atoms with E-state index in [1.807, 2.05) is 45.2 Å². The van der Waals surface area contributed by atoms with Crippen LogP contribution in [0.4, 0.5) is 10.5 Å². The molecule has 2 atom stereocenters. The van der Waals surface area contributed by atoms with Crippen molar-refractivity contribution in [2.45, 2.75) is 33.6 Å². The topological polar surface area (TPSA) is 76.4 Å². The molecule has 1 aliphatic rings. The Balaban J connectivity index is 2.49. The number of imide groups is 1. The van der Waals surface area contributed by atoms with E-state index < -0.39 is 5.92 Å². The number of carbonyl (C=O) groups excluding carboxylic acids is 2. The van der Waals surface area contributed by atoms with Crippen LogP contribution in [0.5, 0.6) is 0 Å². The maximum atomic E-state index is 13.8. The van der Waals surface area contributed by atoms with Crippen LogP contribution in [0.1, 0.15) is 31.4 Å². The van der Waals surface area contributed by atoms with Crippen LogP contribution >= 0.6 is 0 Å². The zero-order valence-corrected chi connectivity index (χ0v) is 20.0. The number of nitrogens with zero attached hydrogens (tertiary/aromatic N) is 3. The molecule has 0 radical (unpaired) electrons. The Morgan fingerprint density at radius 3 is 2.53 bits per heavy atom. The lowest BCUT2D eigenvalue weighted by molar-refractivity contribution is -0.122. The minimum atomic E-state index is -0.450. The van der Waals surface area contributed by atoms with Crippen molar-refractivity contribution in [2.75, 3.05) is 32.6 Å². The van der Waals surface area contributed by atoms with E-state index in [1.165, 1.54) is 9.80 Å². The van der Waals surface area contributed by atoms with Crippen molar-refractivity contribution in [1.82, 2.24) is 10.2 Å². The molecule has 0 saturated heterocycles. The van der Waals surface area contributed by atoms with Gasteiger partial charge >= 0.3 is 6.03 Å². The van der Waals surface area contributed by atoms with E-state index in [2.05, 4.69) is 24.4 Å². The van der Waals surface area contributed by atoms with E-state index in [0.29, 0.717) is 24.2 Å². The number of hydrogen-bond donors (Lipinski definition) is 1. The molecule has 32 heavy (non-hydrogen) atoms. The zero-order valence-electron chi connectivity index (χ0n) is 20.0. The number of nitriles is 1. The lowest BCUT2D eigenvalue weighted by atomic mass is 9.84. The molecule has 0 saturated carbocycles. The Morgan fingerprint density at radius 2 is 1.94 bits per heavy atom. The lowest BCUT2D eigenvalue weighted by Crippen LogP contribution is -2.48. The molecular formula is C26H34N4O2. The predicted octanol–water partition coefficient (Wildman–Crippen LogP) is 4.38. The highest BCUT2D eigenvalue weighted by Crippen LogP contribution is 2.30. The zero-order chi connectivity index (χ0) is 23.8. The Kier molecular flexibility index (Phi) is 8.98. The molecule has 0 aliphatic heterocycles. The third kappa shape index (κ3) is 5.95. The van der Waals surface area contributed by atoms with Crippen molar-refractivity contribution in [3.8, 4) is 6.07 Å². The molecule has 2 rings (SSSR count). The van der Waals surface area contributed by atoms with Gasteiger partial charge in [0.1, 0.15) is 0 Å². The van der Waals surface area contributed by atoms with E-state index in [0.717, 1.165) is 23.1 Å². The fourth-order valence-electron chi connectivity index (χ4n) is 3.92. The number of nitrogens with one attached hydrogen (secondary N) is 1. The van der Waals surface area contributed by atoms with Crippen molar-refractivity contribution >= 4 is 17.6 Å². The van der Waals surface area contributed by atoms with E-state index in [-0.39, 0.29) is 17.9 Å². The first-order valence-electron chi connectivity index (χ1n) is 11.0. The SMILES string of the molecule is CCc1cc(C)cc(N(C(=O)[C@@H](C)[C@@H](CNC)C2=CC=C(C#N)C=CC2)C(=O)N(C)C)c1. The van der Waals surface area contributed by atoms with Gasteiger partial charge < -0.3 is 10.2 Å². The number of rotatable bonds is 7. The number of urea groups is 1. The number of anilines is 1. The summed E-state index contributed by atoms with van der Waals surface area (Å²) in [6.07, 6.45) is 8.94. The van der Waals surface area contributed by atoms with Crippen LogP contribution in [0.3, 0.4) is 0 Å². The highest BCUT2D eigenvalue weighted by molar-refractivity contribution is 6.15. The lowest BCUT2D eigenvalue weighted by Gasteiger charge is -2.32. The molecule has 0 unspecified atom stereocenters. The second kappa shape index (κ2) is 11.4. The summed E-state index contributed by atoms with van der Waals surface area (Å²) in [4.78, 5) is 29.7. The third-order valence-electron chi connectivity index (χ3n) is 5.73. The normalized spacial score (nSPS) is 15.0. The van der Waals surface area contributed by atoms with Gasteiger partial charge in [0.2, 0.25) is 5.91 Å².